The lowest BCUT2D eigenvalue weighted by atomic mass is 10.6. The van der Waals surface area contributed by atoms with Gasteiger partial charge in [-0.25, -0.2) is 18.2 Å². The molecule has 170 valence electrons. The van der Waals surface area contributed by atoms with Gasteiger partial charge in [0, 0.05) is 50.2 Å². The quantitative estimate of drug-likeness (QED) is 0.104. The number of hydrogen-bond donors (Lipinski definition) is 0. The molecule has 30 heavy (non-hydrogen) atoms. The lowest BCUT2D eigenvalue weighted by Crippen LogP contribution is -2.27. The summed E-state index contributed by atoms with van der Waals surface area (Å²) in [5.41, 5.74) is 0. The fourth-order valence-corrected chi connectivity index (χ4v) is 3.60. The summed E-state index contributed by atoms with van der Waals surface area (Å²) in [5.74, 6) is 0.117. The van der Waals surface area contributed by atoms with Crippen molar-refractivity contribution in [3.8, 4) is 0 Å². The Hall–Kier alpha value is -1.78. The molecule has 0 aromatic rings. The Kier molecular flexibility index (Phi) is 15.0. The van der Waals surface area contributed by atoms with Crippen molar-refractivity contribution in [2.24, 2.45) is 10.3 Å². The van der Waals surface area contributed by atoms with E-state index >= 15 is 0 Å². The molecule has 0 aromatic heterocycles. The van der Waals surface area contributed by atoms with Gasteiger partial charge in [-0.3, -0.25) is 19.3 Å². The summed E-state index contributed by atoms with van der Waals surface area (Å²) in [6.07, 6.45) is 3.75. The molecular formula is C14H24N6O6S4. The van der Waals surface area contributed by atoms with Crippen molar-refractivity contribution in [2.75, 3.05) is 52.5 Å². The van der Waals surface area contributed by atoms with E-state index in [2.05, 4.69) is 20.0 Å². The van der Waals surface area contributed by atoms with Gasteiger partial charge in [-0.15, -0.1) is 23.5 Å². The van der Waals surface area contributed by atoms with Crippen molar-refractivity contribution >= 4 is 81.9 Å². The lowest BCUT2D eigenvalue weighted by Gasteiger charge is -2.16. The average molecular weight is 501 g/mol. The number of carbonyl (C=O) groups is 4. The Morgan fingerprint density at radius 2 is 1.07 bits per heavy atom. The van der Waals surface area contributed by atoms with E-state index in [0.717, 1.165) is 43.0 Å². The Balaban J connectivity index is 4.31. The maximum atomic E-state index is 11.8. The fourth-order valence-electron chi connectivity index (χ4n) is 1.22. The van der Waals surface area contributed by atoms with Crippen molar-refractivity contribution in [3.05, 3.63) is 0 Å². The number of thioether (sulfide) groups is 2. The van der Waals surface area contributed by atoms with Gasteiger partial charge in [-0.2, -0.15) is 0 Å². The molecule has 0 aliphatic heterocycles. The summed E-state index contributed by atoms with van der Waals surface area (Å²) in [6, 6.07) is 0. The summed E-state index contributed by atoms with van der Waals surface area (Å²) in [7, 11) is 7.63. The van der Waals surface area contributed by atoms with E-state index in [1.54, 1.807) is 14.1 Å². The third kappa shape index (κ3) is 12.0. The first kappa shape index (κ1) is 28.2. The van der Waals surface area contributed by atoms with Crippen LogP contribution in [0.3, 0.4) is 0 Å². The molecule has 0 radical (unpaired) electrons. The first-order chi connectivity index (χ1) is 14.1. The van der Waals surface area contributed by atoms with E-state index in [1.807, 2.05) is 12.5 Å². The first-order valence-corrected chi connectivity index (χ1v) is 12.8. The summed E-state index contributed by atoms with van der Waals surface area (Å²) < 4.78 is 2.10. The third-order valence-corrected chi connectivity index (χ3v) is 6.40. The molecule has 0 heterocycles. The number of rotatable bonds is 11. The van der Waals surface area contributed by atoms with Crippen molar-refractivity contribution in [1.29, 1.82) is 0 Å². The van der Waals surface area contributed by atoms with E-state index in [1.165, 1.54) is 47.4 Å². The molecule has 0 N–H and O–H groups in total. The zero-order valence-electron chi connectivity index (χ0n) is 17.3. The Morgan fingerprint density at radius 1 is 0.733 bits per heavy atom. The molecule has 16 heteroatoms. The predicted molar refractivity (Wildman–Crippen MR) is 123 cm³/mol. The molecule has 0 bridgehead atoms. The van der Waals surface area contributed by atoms with Gasteiger partial charge in [0.1, 0.15) is 12.4 Å². The monoisotopic (exact) mass is 500 g/mol. The third-order valence-electron chi connectivity index (χ3n) is 2.76. The van der Waals surface area contributed by atoms with Crippen molar-refractivity contribution in [1.82, 2.24) is 18.4 Å². The summed E-state index contributed by atoms with van der Waals surface area (Å²) in [5, 5.41) is 6.68. The zero-order valence-corrected chi connectivity index (χ0v) is 20.6. The van der Waals surface area contributed by atoms with Gasteiger partial charge in [0.05, 0.1) is 11.8 Å². The van der Waals surface area contributed by atoms with Crippen LogP contribution in [-0.4, -0.2) is 107 Å². The highest BCUT2D eigenvalue weighted by Crippen LogP contribution is 2.28. The van der Waals surface area contributed by atoms with Gasteiger partial charge >= 0.3 is 12.2 Å². The number of carbonyl (C=O) groups excluding carboxylic acids is 4. The average Bonchev–Trinajstić information content (AvgIpc) is 2.71. The number of hydrogen-bond acceptors (Lipinski definition) is 12. The van der Waals surface area contributed by atoms with E-state index in [4.69, 9.17) is 0 Å². The second kappa shape index (κ2) is 16.0. The summed E-state index contributed by atoms with van der Waals surface area (Å²) in [4.78, 5) is 58.8. The van der Waals surface area contributed by atoms with Crippen molar-refractivity contribution in [3.63, 3.8) is 0 Å². The van der Waals surface area contributed by atoms with Gasteiger partial charge in [0.2, 0.25) is 0 Å². The molecule has 0 fully saturated rings. The summed E-state index contributed by atoms with van der Waals surface area (Å²) in [6.45, 7) is 0. The maximum absolute atomic E-state index is 11.8. The van der Waals surface area contributed by atoms with Crippen molar-refractivity contribution in [2.45, 2.75) is 0 Å². The molecule has 0 aliphatic rings. The minimum Gasteiger partial charge on any atom is -0.332 e. The molecular weight excluding hydrogens is 476 g/mol. The van der Waals surface area contributed by atoms with E-state index in [-0.39, 0.29) is 0 Å². The topological polar surface area (TPSA) is 124 Å². The molecule has 4 amide bonds. The highest BCUT2D eigenvalue weighted by atomic mass is 33.1. The minimum atomic E-state index is -0.855. The minimum absolute atomic E-state index is 0.414. The molecule has 0 rings (SSSR count). The second-order valence-corrected chi connectivity index (χ2v) is 9.19. The zero-order chi connectivity index (χ0) is 23.1. The van der Waals surface area contributed by atoms with Crippen LogP contribution in [0, 0.1) is 0 Å². The highest BCUT2D eigenvalue weighted by molar-refractivity contribution is 8.75. The van der Waals surface area contributed by atoms with Gasteiger partial charge in [-0.1, -0.05) is 10.3 Å². The Morgan fingerprint density at radius 3 is 1.37 bits per heavy atom. The van der Waals surface area contributed by atoms with Crippen LogP contribution in [0.25, 0.3) is 0 Å². The lowest BCUT2D eigenvalue weighted by molar-refractivity contribution is -0.122. The van der Waals surface area contributed by atoms with Gasteiger partial charge in [-0.05, 0) is 12.5 Å². The SMILES string of the molecule is CSCN(C)C(=O)C=NOC(=O)N(C)SSN(C)C(=O)ON=CC(=O)N(C)CSC. The maximum Gasteiger partial charge on any atom is 0.446 e. The van der Waals surface area contributed by atoms with Crippen LogP contribution in [0.1, 0.15) is 0 Å². The molecule has 12 nitrogen and oxygen atoms in total. The molecule has 0 aromatic carbocycles. The van der Waals surface area contributed by atoms with Gasteiger partial charge < -0.3 is 9.80 Å². The first-order valence-electron chi connectivity index (χ1n) is 7.93. The van der Waals surface area contributed by atoms with Crippen LogP contribution in [0.5, 0.6) is 0 Å². The second-order valence-electron chi connectivity index (χ2n) is 5.24. The van der Waals surface area contributed by atoms with Crippen LogP contribution in [0.4, 0.5) is 9.59 Å². The molecule has 0 spiro atoms. The van der Waals surface area contributed by atoms with E-state index < -0.39 is 24.0 Å². The number of nitrogens with zero attached hydrogens (tertiary/aromatic N) is 6. The molecule has 0 atom stereocenters. The van der Waals surface area contributed by atoms with Gasteiger partial charge in [0.15, 0.2) is 0 Å². The normalized spacial score (nSPS) is 10.7. The summed E-state index contributed by atoms with van der Waals surface area (Å²) >= 11 is 2.91. The fraction of sp³-hybridized carbons (Fsp3) is 0.571. The molecule has 0 saturated heterocycles. The van der Waals surface area contributed by atoms with E-state index in [0.29, 0.717) is 11.8 Å². The van der Waals surface area contributed by atoms with Crippen LogP contribution >= 0.6 is 45.5 Å². The predicted octanol–water partition coefficient (Wildman–Crippen LogP) is 1.86. The molecule has 0 aliphatic carbocycles. The van der Waals surface area contributed by atoms with E-state index in [9.17, 15) is 19.2 Å². The van der Waals surface area contributed by atoms with Crippen LogP contribution < -0.4 is 0 Å². The molecule has 0 saturated carbocycles. The van der Waals surface area contributed by atoms with Crippen LogP contribution in [-0.2, 0) is 19.3 Å². The largest absolute Gasteiger partial charge is 0.446 e. The van der Waals surface area contributed by atoms with Gasteiger partial charge in [0.25, 0.3) is 11.8 Å². The number of amides is 4. The van der Waals surface area contributed by atoms with Crippen molar-refractivity contribution < 1.29 is 28.9 Å². The highest BCUT2D eigenvalue weighted by Gasteiger charge is 2.17. The molecule has 0 unspecified atom stereocenters. The smallest absolute Gasteiger partial charge is 0.332 e. The standard InChI is InChI=1S/C14H24N6O6S4/c1-17(9-27-5)11(21)7-15-25-13(23)19(3)29-30-20(4)14(24)26-16-8-12(22)18(2)10-28-6/h7-8H,9-10H2,1-6H3. The Labute approximate surface area is 191 Å². The Bertz CT molecular complexity index is 598. The number of oxime groups is 2. The van der Waals surface area contributed by atoms with Crippen LogP contribution in [0.2, 0.25) is 0 Å². The van der Waals surface area contributed by atoms with Crippen LogP contribution in [0.15, 0.2) is 10.3 Å².